The Morgan fingerprint density at radius 2 is 1.82 bits per heavy atom. The maximum Gasteiger partial charge on any atom is 0.417 e. The van der Waals surface area contributed by atoms with Gasteiger partial charge in [0.2, 0.25) is 5.95 Å². The van der Waals surface area contributed by atoms with Crippen LogP contribution in [0.2, 0.25) is 0 Å². The predicted molar refractivity (Wildman–Crippen MR) is 109 cm³/mol. The third-order valence-corrected chi connectivity index (χ3v) is 4.31. The number of H-pyrrole nitrogens is 1. The van der Waals surface area contributed by atoms with Gasteiger partial charge in [0.1, 0.15) is 12.1 Å². The van der Waals surface area contributed by atoms with Crippen molar-refractivity contribution in [3.8, 4) is 11.4 Å². The van der Waals surface area contributed by atoms with Crippen LogP contribution in [0.5, 0.6) is 0 Å². The lowest BCUT2D eigenvalue weighted by Gasteiger charge is -2.20. The first-order valence-electron chi connectivity index (χ1n) is 8.59. The molecule has 3 aromatic rings. The number of benzene rings is 1. The zero-order valence-electron chi connectivity index (χ0n) is 15.0. The minimum absolute atomic E-state index is 0.0333. The molecule has 2 N–H and O–H groups in total. The predicted octanol–water partition coefficient (Wildman–Crippen LogP) is 4.95. The molecule has 2 heterocycles. The van der Waals surface area contributed by atoms with Crippen LogP contribution in [0.15, 0.2) is 30.6 Å². The number of halogens is 4. The number of fused-ring (bicyclic) bond motifs is 1. The second-order valence-electron chi connectivity index (χ2n) is 6.03. The van der Waals surface area contributed by atoms with Crippen molar-refractivity contribution in [2.45, 2.75) is 31.9 Å². The quantitative estimate of drug-likeness (QED) is 0.392. The van der Waals surface area contributed by atoms with E-state index in [1.165, 1.54) is 18.5 Å². The smallest absolute Gasteiger partial charge is 0.309 e. The summed E-state index contributed by atoms with van der Waals surface area (Å²) in [5, 5.41) is 9.46. The van der Waals surface area contributed by atoms with Gasteiger partial charge in [-0.3, -0.25) is 0 Å². The van der Waals surface area contributed by atoms with Crippen LogP contribution in [0.4, 0.5) is 24.9 Å². The van der Waals surface area contributed by atoms with Gasteiger partial charge in [0.05, 0.1) is 5.56 Å². The average Bonchev–Trinajstić information content (AvgIpc) is 3.22. The summed E-state index contributed by atoms with van der Waals surface area (Å²) in [5.41, 5.74) is 0.913. The topological polar surface area (TPSA) is 79.4 Å². The Morgan fingerprint density at radius 1 is 1.07 bits per heavy atom. The van der Waals surface area contributed by atoms with E-state index in [4.69, 9.17) is 0 Å². The molecule has 0 radical (unpaired) electrons. The first-order chi connectivity index (χ1) is 13.5. The minimum atomic E-state index is -4.48. The van der Waals surface area contributed by atoms with Gasteiger partial charge in [-0.05, 0) is 36.7 Å². The number of aromatic nitrogens is 5. The molecular formula is C18H18F3IN6. The zero-order chi connectivity index (χ0) is 20.1. The van der Waals surface area contributed by atoms with Crippen LogP contribution >= 0.6 is 22.6 Å². The van der Waals surface area contributed by atoms with Gasteiger partial charge in [-0.1, -0.05) is 40.8 Å². The second-order valence-corrected chi connectivity index (χ2v) is 6.03. The van der Waals surface area contributed by atoms with E-state index in [1.54, 1.807) is 6.07 Å². The van der Waals surface area contributed by atoms with Gasteiger partial charge in [0, 0.05) is 16.8 Å². The number of anilines is 2. The third-order valence-electron chi connectivity index (χ3n) is 4.31. The number of rotatable bonds is 3. The zero-order valence-corrected chi connectivity index (χ0v) is 17.2. The maximum absolute atomic E-state index is 13.4. The van der Waals surface area contributed by atoms with Gasteiger partial charge in [-0.25, -0.2) is 15.1 Å². The summed E-state index contributed by atoms with van der Waals surface area (Å²) in [7, 11) is 0. The molecule has 1 aliphatic rings. The second kappa shape index (κ2) is 8.84. The summed E-state index contributed by atoms with van der Waals surface area (Å²) in [6.07, 6.45) is 0.285. The van der Waals surface area contributed by atoms with Crippen LogP contribution < -0.4 is 5.32 Å². The van der Waals surface area contributed by atoms with Crippen molar-refractivity contribution in [2.24, 2.45) is 0 Å². The first-order valence-corrected chi connectivity index (χ1v) is 10.7. The molecular weight excluding hydrogens is 484 g/mol. The molecule has 0 atom stereocenters. The molecule has 0 saturated carbocycles. The Bertz CT molecular complexity index is 928. The van der Waals surface area contributed by atoms with Crippen LogP contribution in [-0.2, 0) is 19.0 Å². The van der Waals surface area contributed by atoms with Crippen molar-refractivity contribution in [3.05, 3.63) is 47.4 Å². The Morgan fingerprint density at radius 3 is 2.54 bits per heavy atom. The van der Waals surface area contributed by atoms with E-state index >= 15 is 0 Å². The minimum Gasteiger partial charge on any atom is -0.309 e. The maximum atomic E-state index is 13.4. The molecule has 0 saturated heterocycles. The Balaban J connectivity index is 0.00000109. The molecule has 0 spiro atoms. The lowest BCUT2D eigenvalue weighted by atomic mass is 9.96. The highest BCUT2D eigenvalue weighted by Crippen LogP contribution is 2.37. The summed E-state index contributed by atoms with van der Waals surface area (Å²) in [6.45, 7) is 0. The molecule has 1 aromatic carbocycles. The van der Waals surface area contributed by atoms with E-state index in [2.05, 4.69) is 53.1 Å². The summed E-state index contributed by atoms with van der Waals surface area (Å²) >= 11 is 2.15. The van der Waals surface area contributed by atoms with E-state index in [9.17, 15) is 13.2 Å². The summed E-state index contributed by atoms with van der Waals surface area (Å²) in [5.74, 6) is 0.908. The van der Waals surface area contributed by atoms with Crippen molar-refractivity contribution in [1.29, 1.82) is 0 Å². The van der Waals surface area contributed by atoms with E-state index in [0.717, 1.165) is 36.6 Å². The van der Waals surface area contributed by atoms with Gasteiger partial charge in [-0.15, -0.1) is 0 Å². The average molecular weight is 502 g/mol. The Labute approximate surface area is 173 Å². The van der Waals surface area contributed by atoms with Crippen LogP contribution in [0.1, 0.15) is 29.7 Å². The van der Waals surface area contributed by atoms with Gasteiger partial charge >= 0.3 is 6.18 Å². The fourth-order valence-electron chi connectivity index (χ4n) is 3.12. The van der Waals surface area contributed by atoms with Crippen molar-refractivity contribution in [2.75, 3.05) is 10.2 Å². The Kier molecular flexibility index (Phi) is 6.47. The number of nitrogens with one attached hydrogen (secondary N) is 2. The molecule has 1 aliphatic carbocycles. The highest BCUT2D eigenvalue weighted by Gasteiger charge is 2.34. The normalized spacial score (nSPS) is 13.3. The Hall–Kier alpha value is -2.24. The summed E-state index contributed by atoms with van der Waals surface area (Å²) in [4.78, 5) is 14.8. The molecule has 0 fully saturated rings. The fraction of sp³-hybridized carbons (Fsp3) is 0.333. The highest BCUT2D eigenvalue weighted by molar-refractivity contribution is 14.1. The van der Waals surface area contributed by atoms with Gasteiger partial charge in [0.25, 0.3) is 0 Å². The molecule has 28 heavy (non-hydrogen) atoms. The molecule has 148 valence electrons. The molecule has 0 bridgehead atoms. The number of hydrogen-bond acceptors (Lipinski definition) is 5. The third kappa shape index (κ3) is 4.42. The van der Waals surface area contributed by atoms with E-state index < -0.39 is 11.7 Å². The lowest BCUT2D eigenvalue weighted by molar-refractivity contribution is -0.137. The summed E-state index contributed by atoms with van der Waals surface area (Å²) < 4.78 is 40.2. The van der Waals surface area contributed by atoms with Crippen LogP contribution in [-0.4, -0.2) is 30.1 Å². The lowest BCUT2D eigenvalue weighted by Crippen LogP contribution is -2.14. The number of alkyl halides is 4. The molecule has 0 aliphatic heterocycles. The van der Waals surface area contributed by atoms with Gasteiger partial charge in [0.15, 0.2) is 5.82 Å². The van der Waals surface area contributed by atoms with Crippen molar-refractivity contribution in [3.63, 3.8) is 0 Å². The van der Waals surface area contributed by atoms with Gasteiger partial charge < -0.3 is 5.32 Å². The van der Waals surface area contributed by atoms with Crippen molar-refractivity contribution < 1.29 is 13.2 Å². The van der Waals surface area contributed by atoms with Gasteiger partial charge in [-0.2, -0.15) is 23.3 Å². The molecule has 10 heteroatoms. The standard InChI is InChI=1S/C17H15F3N6.CH3I/c18-17(19,20)12-7-3-1-5-10(12)14-23-13-8-4-2-6-11(13)15(24-14)25-16-21-9-22-26-16;1-2/h1,3,5,7,9H,2,4,6,8H2,(H2,21,22,23,24,25,26);1H3. The molecule has 4 rings (SSSR count). The van der Waals surface area contributed by atoms with Crippen LogP contribution in [0.3, 0.4) is 0 Å². The number of aromatic amines is 1. The van der Waals surface area contributed by atoms with Crippen LogP contribution in [0, 0.1) is 0 Å². The van der Waals surface area contributed by atoms with Crippen molar-refractivity contribution >= 4 is 34.4 Å². The van der Waals surface area contributed by atoms with E-state index in [-0.39, 0.29) is 11.4 Å². The molecule has 0 unspecified atom stereocenters. The van der Waals surface area contributed by atoms with Crippen molar-refractivity contribution in [1.82, 2.24) is 25.1 Å². The monoisotopic (exact) mass is 502 g/mol. The number of hydrogen-bond donors (Lipinski definition) is 2. The molecule has 6 nitrogen and oxygen atoms in total. The molecule has 2 aromatic heterocycles. The first kappa shape index (κ1) is 20.5. The fourth-order valence-corrected chi connectivity index (χ4v) is 3.12. The number of aryl methyl sites for hydroxylation is 1. The number of nitrogens with zero attached hydrogens (tertiary/aromatic N) is 4. The largest absolute Gasteiger partial charge is 0.417 e. The van der Waals surface area contributed by atoms with E-state index in [1.807, 2.05) is 4.93 Å². The molecule has 0 amide bonds. The summed E-state index contributed by atoms with van der Waals surface area (Å²) in [6, 6.07) is 5.35. The SMILES string of the molecule is CI.FC(F)(F)c1ccccc1-c1nc2c(c(Nc3ncn[nH]3)n1)CCCC2. The highest BCUT2D eigenvalue weighted by atomic mass is 127. The van der Waals surface area contributed by atoms with Crippen LogP contribution in [0.25, 0.3) is 11.4 Å². The van der Waals surface area contributed by atoms with E-state index in [0.29, 0.717) is 18.2 Å².